The lowest BCUT2D eigenvalue weighted by Gasteiger charge is -2.34. The van der Waals surface area contributed by atoms with Gasteiger partial charge in [-0.05, 0) is 49.2 Å². The van der Waals surface area contributed by atoms with E-state index in [0.717, 1.165) is 53.2 Å². The summed E-state index contributed by atoms with van der Waals surface area (Å²) in [6.07, 6.45) is 5.40. The number of hydrogen-bond donors (Lipinski definition) is 0. The zero-order chi connectivity index (χ0) is 19.6. The molecule has 1 fully saturated rings. The van der Waals surface area contributed by atoms with Gasteiger partial charge in [-0.1, -0.05) is 18.6 Å². The summed E-state index contributed by atoms with van der Waals surface area (Å²) in [7, 11) is 1.74. The van der Waals surface area contributed by atoms with Gasteiger partial charge < -0.3 is 9.57 Å². The van der Waals surface area contributed by atoms with E-state index in [9.17, 15) is 0 Å². The minimum absolute atomic E-state index is 0.297. The first kappa shape index (κ1) is 18.0. The van der Waals surface area contributed by atoms with Crippen molar-refractivity contribution in [2.75, 3.05) is 20.3 Å². The Morgan fingerprint density at radius 1 is 1.07 bits per heavy atom. The summed E-state index contributed by atoms with van der Waals surface area (Å²) in [5.74, 6) is 1.56. The first-order chi connectivity index (χ1) is 14.3. The highest BCUT2D eigenvalue weighted by Gasteiger charge is 2.24. The summed E-state index contributed by atoms with van der Waals surface area (Å²) < 4.78 is 7.30. The zero-order valence-electron chi connectivity index (χ0n) is 16.4. The fraction of sp³-hybridized carbons (Fsp3) is 0.318. The van der Waals surface area contributed by atoms with E-state index in [2.05, 4.69) is 21.3 Å². The molecule has 7 nitrogen and oxygen atoms in total. The van der Waals surface area contributed by atoms with Crippen molar-refractivity contribution in [2.24, 2.45) is 0 Å². The molecule has 0 aliphatic carbocycles. The average Bonchev–Trinajstić information content (AvgIpc) is 3.19. The van der Waals surface area contributed by atoms with E-state index in [-0.39, 0.29) is 0 Å². The minimum atomic E-state index is 0.297. The Balaban J connectivity index is 1.42. The van der Waals surface area contributed by atoms with Crippen molar-refractivity contribution in [3.63, 3.8) is 0 Å². The van der Waals surface area contributed by atoms with Crippen LogP contribution in [0.3, 0.4) is 0 Å². The molecule has 0 N–H and O–H groups in total. The number of rotatable bonds is 5. The van der Waals surface area contributed by atoms with Crippen LogP contribution in [0.2, 0.25) is 0 Å². The molecular weight excluding hydrogens is 366 g/mol. The predicted molar refractivity (Wildman–Crippen MR) is 111 cm³/mol. The lowest BCUT2D eigenvalue weighted by molar-refractivity contribution is -0.127. The highest BCUT2D eigenvalue weighted by molar-refractivity contribution is 5.82. The van der Waals surface area contributed by atoms with Crippen molar-refractivity contribution in [1.29, 1.82) is 0 Å². The van der Waals surface area contributed by atoms with Crippen LogP contribution in [0.4, 0.5) is 0 Å². The van der Waals surface area contributed by atoms with Crippen LogP contribution in [0.5, 0.6) is 5.75 Å². The van der Waals surface area contributed by atoms with Crippen LogP contribution in [-0.4, -0.2) is 50.9 Å². The molecule has 0 amide bonds. The molecule has 0 unspecified atom stereocenters. The molecule has 1 aliphatic heterocycles. The van der Waals surface area contributed by atoms with Crippen LogP contribution in [-0.2, 0) is 4.74 Å². The third kappa shape index (κ3) is 3.54. The standard InChI is InChI=1S/C22H23N5O2/c1-28-15-17-6-2-5-13-27(17)29-18-9-11-19-16(14-18)8-10-20(23-19)22-25-24-21-7-3-4-12-26(21)22/h3-4,7-12,14,17H,2,5-6,13,15H2,1H3/t17-/m0/s1. The Morgan fingerprint density at radius 3 is 2.97 bits per heavy atom. The quantitative estimate of drug-likeness (QED) is 0.518. The first-order valence-corrected chi connectivity index (χ1v) is 9.96. The number of ether oxygens (including phenoxy) is 1. The maximum absolute atomic E-state index is 6.19. The van der Waals surface area contributed by atoms with E-state index >= 15 is 0 Å². The topological polar surface area (TPSA) is 64.8 Å². The Morgan fingerprint density at radius 2 is 2.03 bits per heavy atom. The number of hydrogen-bond acceptors (Lipinski definition) is 6. The molecule has 0 spiro atoms. The molecule has 1 aliphatic rings. The third-order valence-electron chi connectivity index (χ3n) is 5.36. The summed E-state index contributed by atoms with van der Waals surface area (Å²) in [6, 6.07) is 16.2. The van der Waals surface area contributed by atoms with Crippen molar-refractivity contribution in [1.82, 2.24) is 24.6 Å². The number of methoxy groups -OCH3 is 1. The fourth-order valence-corrected chi connectivity index (χ4v) is 3.89. The van der Waals surface area contributed by atoms with E-state index in [1.807, 2.05) is 53.1 Å². The Labute approximate surface area is 168 Å². The highest BCUT2D eigenvalue weighted by atomic mass is 16.7. The Bertz CT molecular complexity index is 1140. The van der Waals surface area contributed by atoms with Crippen LogP contribution >= 0.6 is 0 Å². The molecule has 1 atom stereocenters. The molecule has 4 heterocycles. The molecule has 1 saturated heterocycles. The largest absolute Gasteiger partial charge is 0.406 e. The second kappa shape index (κ2) is 7.77. The van der Waals surface area contributed by atoms with Crippen molar-refractivity contribution >= 4 is 16.6 Å². The third-order valence-corrected chi connectivity index (χ3v) is 5.36. The zero-order valence-corrected chi connectivity index (χ0v) is 16.4. The van der Waals surface area contributed by atoms with Gasteiger partial charge in [-0.3, -0.25) is 4.40 Å². The SMILES string of the molecule is COC[C@@H]1CCCCN1Oc1ccc2nc(-c3nnc4ccccn34)ccc2c1. The smallest absolute Gasteiger partial charge is 0.187 e. The van der Waals surface area contributed by atoms with Crippen molar-refractivity contribution < 1.29 is 9.57 Å². The van der Waals surface area contributed by atoms with Crippen molar-refractivity contribution in [3.05, 3.63) is 54.7 Å². The van der Waals surface area contributed by atoms with Gasteiger partial charge >= 0.3 is 0 Å². The Hall–Kier alpha value is -3.03. The number of pyridine rings is 2. The molecule has 5 rings (SSSR count). The van der Waals surface area contributed by atoms with Gasteiger partial charge in [0.2, 0.25) is 0 Å². The molecule has 7 heteroatoms. The number of benzene rings is 1. The van der Waals surface area contributed by atoms with E-state index in [4.69, 9.17) is 14.6 Å². The molecule has 0 radical (unpaired) electrons. The Kier molecular flexibility index (Phi) is 4.83. The van der Waals surface area contributed by atoms with Gasteiger partial charge in [0, 0.05) is 25.2 Å². The summed E-state index contributed by atoms with van der Waals surface area (Å²) >= 11 is 0. The summed E-state index contributed by atoms with van der Waals surface area (Å²) in [4.78, 5) is 11.0. The number of piperidine rings is 1. The van der Waals surface area contributed by atoms with Gasteiger partial charge in [0.05, 0.1) is 18.2 Å². The second-order valence-electron chi connectivity index (χ2n) is 7.34. The minimum Gasteiger partial charge on any atom is -0.406 e. The number of fused-ring (bicyclic) bond motifs is 2. The molecule has 29 heavy (non-hydrogen) atoms. The average molecular weight is 389 g/mol. The van der Waals surface area contributed by atoms with E-state index in [1.54, 1.807) is 7.11 Å². The normalized spacial score (nSPS) is 17.8. The fourth-order valence-electron chi connectivity index (χ4n) is 3.89. The van der Waals surface area contributed by atoms with Crippen LogP contribution < -0.4 is 4.84 Å². The summed E-state index contributed by atoms with van der Waals surface area (Å²) in [6.45, 7) is 1.61. The predicted octanol–water partition coefficient (Wildman–Crippen LogP) is 3.74. The highest BCUT2D eigenvalue weighted by Crippen LogP contribution is 2.26. The molecule has 0 bridgehead atoms. The van der Waals surface area contributed by atoms with Gasteiger partial charge in [0.15, 0.2) is 11.5 Å². The molecule has 148 valence electrons. The van der Waals surface area contributed by atoms with Crippen LogP contribution in [0.15, 0.2) is 54.7 Å². The first-order valence-electron chi connectivity index (χ1n) is 9.96. The van der Waals surface area contributed by atoms with E-state index in [1.165, 1.54) is 6.42 Å². The van der Waals surface area contributed by atoms with Crippen LogP contribution in [0.1, 0.15) is 19.3 Å². The number of nitrogens with zero attached hydrogens (tertiary/aromatic N) is 5. The second-order valence-corrected chi connectivity index (χ2v) is 7.34. The monoisotopic (exact) mass is 389 g/mol. The van der Waals surface area contributed by atoms with Gasteiger partial charge in [-0.15, -0.1) is 15.3 Å². The van der Waals surface area contributed by atoms with E-state index < -0.39 is 0 Å². The van der Waals surface area contributed by atoms with E-state index in [0.29, 0.717) is 12.6 Å². The molecule has 1 aromatic carbocycles. The van der Waals surface area contributed by atoms with Gasteiger partial charge in [0.1, 0.15) is 11.4 Å². The van der Waals surface area contributed by atoms with Crippen molar-refractivity contribution in [2.45, 2.75) is 25.3 Å². The number of hydroxylamine groups is 2. The van der Waals surface area contributed by atoms with Gasteiger partial charge in [0.25, 0.3) is 0 Å². The summed E-state index contributed by atoms with van der Waals surface area (Å²) in [5.41, 5.74) is 2.50. The van der Waals surface area contributed by atoms with Crippen LogP contribution in [0.25, 0.3) is 28.1 Å². The molecule has 4 aromatic rings. The molecule has 0 saturated carbocycles. The number of aromatic nitrogens is 4. The summed E-state index contributed by atoms with van der Waals surface area (Å²) in [5, 5.41) is 11.6. The lowest BCUT2D eigenvalue weighted by atomic mass is 10.1. The maximum Gasteiger partial charge on any atom is 0.187 e. The van der Waals surface area contributed by atoms with Gasteiger partial charge in [-0.25, -0.2) is 4.98 Å². The van der Waals surface area contributed by atoms with Crippen LogP contribution in [0, 0.1) is 0 Å². The molecule has 3 aromatic heterocycles. The van der Waals surface area contributed by atoms with Crippen molar-refractivity contribution in [3.8, 4) is 17.3 Å². The molecular formula is C22H23N5O2. The lowest BCUT2D eigenvalue weighted by Crippen LogP contribution is -2.44. The maximum atomic E-state index is 6.19. The van der Waals surface area contributed by atoms with Gasteiger partial charge in [-0.2, -0.15) is 0 Å².